The van der Waals surface area contributed by atoms with Gasteiger partial charge in [0, 0.05) is 5.33 Å². The molecule has 72 valence electrons. The lowest BCUT2D eigenvalue weighted by Crippen LogP contribution is -1.73. The smallest absolute Gasteiger partial charge is 0.0926 e. The lowest BCUT2D eigenvalue weighted by Gasteiger charge is -1.97. The molecule has 0 heterocycles. The predicted octanol–water partition coefficient (Wildman–Crippen LogP) is 4.48. The minimum Gasteiger partial charge on any atom is -0.193 e. The van der Waals surface area contributed by atoms with Crippen LogP contribution in [0.1, 0.15) is 5.56 Å². The largest absolute Gasteiger partial charge is 0.193 e. The van der Waals surface area contributed by atoms with E-state index in [2.05, 4.69) is 38.3 Å². The number of allylic oxidation sites excluding steroid dienone is 1. The average molecular weight is 289 g/mol. The summed E-state index contributed by atoms with van der Waals surface area (Å²) in [6.45, 7) is 0. The second kappa shape index (κ2) is 6.10. The first-order valence-electron chi connectivity index (χ1n) is 3.88. The zero-order chi connectivity index (χ0) is 10.4. The SMILES string of the molecule is S=C=Nc1ccc(C=CCBr)cc1Cl. The summed E-state index contributed by atoms with van der Waals surface area (Å²) in [5.41, 5.74) is 1.69. The summed E-state index contributed by atoms with van der Waals surface area (Å²) in [5.74, 6) is 0. The third-order valence-corrected chi connectivity index (χ3v) is 2.31. The van der Waals surface area contributed by atoms with Gasteiger partial charge in [-0.1, -0.05) is 45.7 Å². The van der Waals surface area contributed by atoms with Crippen LogP contribution in [0.2, 0.25) is 5.02 Å². The molecular weight excluding hydrogens is 282 g/mol. The van der Waals surface area contributed by atoms with E-state index < -0.39 is 0 Å². The fourth-order valence-electron chi connectivity index (χ4n) is 0.947. The van der Waals surface area contributed by atoms with E-state index >= 15 is 0 Å². The number of hydrogen-bond donors (Lipinski definition) is 0. The molecular formula is C10H7BrClNS. The number of benzene rings is 1. The predicted molar refractivity (Wildman–Crippen MR) is 69.0 cm³/mol. The van der Waals surface area contributed by atoms with Crippen molar-refractivity contribution in [3.8, 4) is 0 Å². The minimum atomic E-state index is 0.582. The Labute approximate surface area is 102 Å². The summed E-state index contributed by atoms with van der Waals surface area (Å²) in [6, 6.07) is 5.58. The third kappa shape index (κ3) is 3.35. The second-order valence-electron chi connectivity index (χ2n) is 2.47. The lowest BCUT2D eigenvalue weighted by atomic mass is 10.2. The average Bonchev–Trinajstić information content (AvgIpc) is 2.19. The normalized spacial score (nSPS) is 10.1. The van der Waals surface area contributed by atoms with Crippen LogP contribution in [0.15, 0.2) is 29.3 Å². The van der Waals surface area contributed by atoms with Gasteiger partial charge in [-0.25, -0.2) is 0 Å². The van der Waals surface area contributed by atoms with Crippen LogP contribution < -0.4 is 0 Å². The van der Waals surface area contributed by atoms with Crippen LogP contribution >= 0.6 is 39.7 Å². The summed E-state index contributed by atoms with van der Waals surface area (Å²) in [4.78, 5) is 3.83. The molecule has 0 amide bonds. The Hall–Kier alpha value is -0.470. The van der Waals surface area contributed by atoms with Gasteiger partial charge in [0.15, 0.2) is 0 Å². The van der Waals surface area contributed by atoms with Crippen molar-refractivity contribution < 1.29 is 0 Å². The first-order chi connectivity index (χ1) is 6.77. The van der Waals surface area contributed by atoms with Gasteiger partial charge in [-0.05, 0) is 29.9 Å². The third-order valence-electron chi connectivity index (χ3n) is 1.54. The highest BCUT2D eigenvalue weighted by Gasteiger charge is 1.97. The van der Waals surface area contributed by atoms with Crippen LogP contribution in [0.5, 0.6) is 0 Å². The van der Waals surface area contributed by atoms with Crippen molar-refractivity contribution in [2.45, 2.75) is 0 Å². The van der Waals surface area contributed by atoms with E-state index in [9.17, 15) is 0 Å². The summed E-state index contributed by atoms with van der Waals surface area (Å²) in [7, 11) is 0. The first-order valence-corrected chi connectivity index (χ1v) is 5.78. The molecule has 0 N–H and O–H groups in total. The Balaban J connectivity index is 3.00. The maximum Gasteiger partial charge on any atom is 0.0926 e. The van der Waals surface area contributed by atoms with Crippen molar-refractivity contribution in [2.24, 2.45) is 4.99 Å². The first kappa shape index (κ1) is 11.6. The maximum atomic E-state index is 5.96. The molecule has 0 atom stereocenters. The Morgan fingerprint density at radius 2 is 2.36 bits per heavy atom. The molecule has 0 aliphatic carbocycles. The number of alkyl halides is 1. The molecule has 0 unspecified atom stereocenters. The highest BCUT2D eigenvalue weighted by Crippen LogP contribution is 2.25. The number of rotatable bonds is 3. The number of aliphatic imine (C=N–C) groups is 1. The molecule has 0 saturated heterocycles. The van der Waals surface area contributed by atoms with Gasteiger partial charge in [0.1, 0.15) is 0 Å². The van der Waals surface area contributed by atoms with E-state index in [1.807, 2.05) is 30.4 Å². The van der Waals surface area contributed by atoms with Crippen LogP contribution in [-0.4, -0.2) is 10.5 Å². The summed E-state index contributed by atoms with van der Waals surface area (Å²) in [5, 5.41) is 3.69. The van der Waals surface area contributed by atoms with E-state index in [1.165, 1.54) is 0 Å². The van der Waals surface area contributed by atoms with Gasteiger partial charge in [-0.2, -0.15) is 4.99 Å². The summed E-state index contributed by atoms with van der Waals surface area (Å²) < 4.78 is 0. The van der Waals surface area contributed by atoms with Gasteiger partial charge in [-0.3, -0.25) is 0 Å². The number of hydrogen-bond acceptors (Lipinski definition) is 2. The van der Waals surface area contributed by atoms with Gasteiger partial charge < -0.3 is 0 Å². The van der Waals surface area contributed by atoms with Crippen LogP contribution in [0.4, 0.5) is 5.69 Å². The summed E-state index contributed by atoms with van der Waals surface area (Å²) in [6.07, 6.45) is 3.97. The molecule has 0 saturated carbocycles. The molecule has 1 aromatic carbocycles. The molecule has 1 aromatic rings. The Morgan fingerprint density at radius 1 is 1.57 bits per heavy atom. The summed E-state index contributed by atoms with van der Waals surface area (Å²) >= 11 is 13.8. The van der Waals surface area contributed by atoms with Crippen molar-refractivity contribution in [3.05, 3.63) is 34.9 Å². The van der Waals surface area contributed by atoms with Crippen molar-refractivity contribution >= 4 is 56.7 Å². The molecule has 1 rings (SSSR count). The fraction of sp³-hybridized carbons (Fsp3) is 0.100. The van der Waals surface area contributed by atoms with Crippen molar-refractivity contribution in [2.75, 3.05) is 5.33 Å². The van der Waals surface area contributed by atoms with Crippen LogP contribution in [-0.2, 0) is 0 Å². The van der Waals surface area contributed by atoms with E-state index in [0.717, 1.165) is 10.9 Å². The van der Waals surface area contributed by atoms with Gasteiger partial charge in [0.05, 0.1) is 15.9 Å². The van der Waals surface area contributed by atoms with Crippen LogP contribution in [0.25, 0.3) is 6.08 Å². The van der Waals surface area contributed by atoms with E-state index in [4.69, 9.17) is 11.6 Å². The topological polar surface area (TPSA) is 12.4 Å². The maximum absolute atomic E-state index is 5.96. The van der Waals surface area contributed by atoms with Crippen LogP contribution in [0.3, 0.4) is 0 Å². The van der Waals surface area contributed by atoms with Gasteiger partial charge in [0.2, 0.25) is 0 Å². The van der Waals surface area contributed by atoms with Gasteiger partial charge >= 0.3 is 0 Å². The molecule has 0 aliphatic rings. The highest BCUT2D eigenvalue weighted by molar-refractivity contribution is 9.09. The van der Waals surface area contributed by atoms with E-state index in [0.29, 0.717) is 10.7 Å². The van der Waals surface area contributed by atoms with E-state index in [1.54, 1.807) is 0 Å². The molecule has 0 bridgehead atoms. The standard InChI is InChI=1S/C10H7BrClNS/c11-5-1-2-8-3-4-10(13-7-14)9(12)6-8/h1-4,6H,5H2. The fourth-order valence-corrected chi connectivity index (χ4v) is 1.46. The lowest BCUT2D eigenvalue weighted by molar-refractivity contribution is 1.53. The molecule has 0 spiro atoms. The molecule has 0 aliphatic heterocycles. The Kier molecular flexibility index (Phi) is 5.05. The zero-order valence-electron chi connectivity index (χ0n) is 7.21. The van der Waals surface area contributed by atoms with Crippen molar-refractivity contribution in [3.63, 3.8) is 0 Å². The molecule has 1 nitrogen and oxygen atoms in total. The molecule has 0 radical (unpaired) electrons. The monoisotopic (exact) mass is 287 g/mol. The van der Waals surface area contributed by atoms with Crippen molar-refractivity contribution in [1.82, 2.24) is 0 Å². The number of halogens is 2. The van der Waals surface area contributed by atoms with Gasteiger partial charge in [-0.15, -0.1) is 0 Å². The van der Waals surface area contributed by atoms with Gasteiger partial charge in [0.25, 0.3) is 0 Å². The Bertz CT molecular complexity index is 397. The quantitative estimate of drug-likeness (QED) is 0.454. The Morgan fingerprint density at radius 3 is 2.93 bits per heavy atom. The number of isothiocyanates is 1. The molecule has 0 fully saturated rings. The van der Waals surface area contributed by atoms with Crippen molar-refractivity contribution in [1.29, 1.82) is 0 Å². The number of thiocarbonyl (C=S) groups is 1. The highest BCUT2D eigenvalue weighted by atomic mass is 79.9. The second-order valence-corrected chi connectivity index (χ2v) is 3.71. The molecule has 14 heavy (non-hydrogen) atoms. The number of nitrogens with zero attached hydrogens (tertiary/aromatic N) is 1. The molecule has 0 aromatic heterocycles. The van der Waals surface area contributed by atoms with E-state index in [-0.39, 0.29) is 0 Å². The molecule has 4 heteroatoms. The zero-order valence-corrected chi connectivity index (χ0v) is 10.4. The van der Waals surface area contributed by atoms with Crippen LogP contribution in [0, 0.1) is 0 Å². The minimum absolute atomic E-state index is 0.582.